The summed E-state index contributed by atoms with van der Waals surface area (Å²) in [5.74, 6) is 0. The number of hydrogen-bond acceptors (Lipinski definition) is 3. The van der Waals surface area contributed by atoms with Crippen molar-refractivity contribution in [3.63, 3.8) is 0 Å². The van der Waals surface area contributed by atoms with Gasteiger partial charge in [0.15, 0.2) is 0 Å². The van der Waals surface area contributed by atoms with Crippen molar-refractivity contribution in [2.75, 3.05) is 18.0 Å². The molecular weight excluding hydrogens is 252 g/mol. The lowest BCUT2D eigenvalue weighted by molar-refractivity contribution is 0.276. The molecule has 0 aliphatic carbocycles. The second kappa shape index (κ2) is 4.89. The summed E-state index contributed by atoms with van der Waals surface area (Å²) in [4.78, 5) is 8.97. The first kappa shape index (κ1) is 12.5. The van der Waals surface area contributed by atoms with E-state index in [1.54, 1.807) is 11.8 Å². The molecule has 0 atom stereocenters. The van der Waals surface area contributed by atoms with E-state index in [9.17, 15) is 0 Å². The SMILES string of the molecule is CC1(C)CN(c2ccc(Sc3ccncc3)cc2)C1. The zero-order chi connectivity index (χ0) is 13.3. The van der Waals surface area contributed by atoms with Crippen LogP contribution in [0.4, 0.5) is 5.69 Å². The molecule has 2 aromatic rings. The molecule has 0 unspecified atom stereocenters. The summed E-state index contributed by atoms with van der Waals surface area (Å²) in [7, 11) is 0. The van der Waals surface area contributed by atoms with E-state index in [0.29, 0.717) is 5.41 Å². The van der Waals surface area contributed by atoms with E-state index in [0.717, 1.165) is 13.1 Å². The number of benzene rings is 1. The molecule has 1 saturated heterocycles. The van der Waals surface area contributed by atoms with Crippen molar-refractivity contribution in [3.05, 3.63) is 48.8 Å². The first-order chi connectivity index (χ1) is 9.12. The maximum Gasteiger partial charge on any atom is 0.0367 e. The molecular formula is C16H18N2S. The Morgan fingerprint density at radius 3 is 2.11 bits per heavy atom. The predicted molar refractivity (Wildman–Crippen MR) is 80.8 cm³/mol. The van der Waals surface area contributed by atoms with Crippen molar-refractivity contribution in [2.24, 2.45) is 5.41 Å². The van der Waals surface area contributed by atoms with E-state index in [1.807, 2.05) is 24.5 Å². The third kappa shape index (κ3) is 2.92. The standard InChI is InChI=1S/C16H18N2S/c1-16(2)11-18(12-16)13-3-5-14(6-4-13)19-15-7-9-17-10-8-15/h3-10H,11-12H2,1-2H3. The molecule has 98 valence electrons. The van der Waals surface area contributed by atoms with Gasteiger partial charge in [0.25, 0.3) is 0 Å². The Kier molecular flexibility index (Phi) is 3.23. The molecule has 0 saturated carbocycles. The van der Waals surface area contributed by atoms with Gasteiger partial charge in [-0.25, -0.2) is 0 Å². The minimum absolute atomic E-state index is 0.477. The van der Waals surface area contributed by atoms with E-state index in [-0.39, 0.29) is 0 Å². The van der Waals surface area contributed by atoms with Gasteiger partial charge in [-0.2, -0.15) is 0 Å². The molecule has 2 heterocycles. The van der Waals surface area contributed by atoms with Crippen LogP contribution in [0.5, 0.6) is 0 Å². The smallest absolute Gasteiger partial charge is 0.0367 e. The van der Waals surface area contributed by atoms with Crippen molar-refractivity contribution in [2.45, 2.75) is 23.6 Å². The van der Waals surface area contributed by atoms with Gasteiger partial charge in [-0.1, -0.05) is 25.6 Å². The van der Waals surface area contributed by atoms with Crippen molar-refractivity contribution in [3.8, 4) is 0 Å². The van der Waals surface area contributed by atoms with Crippen LogP contribution in [-0.2, 0) is 0 Å². The first-order valence-electron chi connectivity index (χ1n) is 6.55. The van der Waals surface area contributed by atoms with Crippen LogP contribution in [0.3, 0.4) is 0 Å². The molecule has 1 fully saturated rings. The summed E-state index contributed by atoms with van der Waals surface area (Å²) >= 11 is 1.77. The van der Waals surface area contributed by atoms with Gasteiger partial charge in [0, 0.05) is 41.0 Å². The Bertz CT molecular complexity index is 541. The highest BCUT2D eigenvalue weighted by Gasteiger charge is 2.33. The number of hydrogen-bond donors (Lipinski definition) is 0. The summed E-state index contributed by atoms with van der Waals surface area (Å²) in [5, 5.41) is 0. The second-order valence-corrected chi connectivity index (χ2v) is 6.95. The molecule has 19 heavy (non-hydrogen) atoms. The molecule has 1 aromatic carbocycles. The molecule has 3 rings (SSSR count). The number of aromatic nitrogens is 1. The minimum Gasteiger partial charge on any atom is -0.370 e. The summed E-state index contributed by atoms with van der Waals surface area (Å²) in [6, 6.07) is 12.9. The van der Waals surface area contributed by atoms with E-state index in [2.05, 4.69) is 48.0 Å². The highest BCUT2D eigenvalue weighted by molar-refractivity contribution is 7.99. The summed E-state index contributed by atoms with van der Waals surface area (Å²) in [5.41, 5.74) is 1.81. The Morgan fingerprint density at radius 2 is 1.53 bits per heavy atom. The third-order valence-corrected chi connectivity index (χ3v) is 4.34. The van der Waals surface area contributed by atoms with Crippen LogP contribution in [-0.4, -0.2) is 18.1 Å². The lowest BCUT2D eigenvalue weighted by atomic mass is 9.84. The fourth-order valence-corrected chi connectivity index (χ4v) is 3.24. The van der Waals surface area contributed by atoms with E-state index in [1.165, 1.54) is 15.5 Å². The van der Waals surface area contributed by atoms with Crippen molar-refractivity contribution in [1.82, 2.24) is 4.98 Å². The van der Waals surface area contributed by atoms with Crippen LogP contribution in [0, 0.1) is 5.41 Å². The Morgan fingerprint density at radius 1 is 0.947 bits per heavy atom. The average molecular weight is 270 g/mol. The van der Waals surface area contributed by atoms with Crippen molar-refractivity contribution < 1.29 is 0 Å². The van der Waals surface area contributed by atoms with Crippen LogP contribution in [0.15, 0.2) is 58.6 Å². The van der Waals surface area contributed by atoms with E-state index < -0.39 is 0 Å². The highest BCUT2D eigenvalue weighted by atomic mass is 32.2. The Balaban J connectivity index is 1.67. The number of rotatable bonds is 3. The molecule has 0 bridgehead atoms. The van der Waals surface area contributed by atoms with E-state index in [4.69, 9.17) is 0 Å². The van der Waals surface area contributed by atoms with Crippen LogP contribution in [0.25, 0.3) is 0 Å². The molecule has 1 aromatic heterocycles. The quantitative estimate of drug-likeness (QED) is 0.836. The topological polar surface area (TPSA) is 16.1 Å². The normalized spacial score (nSPS) is 17.1. The zero-order valence-corrected chi connectivity index (χ0v) is 12.2. The summed E-state index contributed by atoms with van der Waals surface area (Å²) in [6.07, 6.45) is 3.66. The minimum atomic E-state index is 0.477. The lowest BCUT2D eigenvalue weighted by Crippen LogP contribution is -2.53. The number of anilines is 1. The fraction of sp³-hybridized carbons (Fsp3) is 0.312. The molecule has 2 nitrogen and oxygen atoms in total. The Hall–Kier alpha value is -1.48. The predicted octanol–water partition coefficient (Wildman–Crippen LogP) is 4.08. The fourth-order valence-electron chi connectivity index (χ4n) is 2.44. The van der Waals surface area contributed by atoms with Gasteiger partial charge in [-0.3, -0.25) is 4.98 Å². The van der Waals surface area contributed by atoms with Gasteiger partial charge >= 0.3 is 0 Å². The molecule has 0 N–H and O–H groups in total. The lowest BCUT2D eigenvalue weighted by Gasteiger charge is -2.47. The van der Waals surface area contributed by atoms with Crippen LogP contribution >= 0.6 is 11.8 Å². The molecule has 1 aliphatic heterocycles. The largest absolute Gasteiger partial charge is 0.370 e. The van der Waals surface area contributed by atoms with Crippen molar-refractivity contribution >= 4 is 17.4 Å². The average Bonchev–Trinajstić information content (AvgIpc) is 2.38. The summed E-state index contributed by atoms with van der Waals surface area (Å²) in [6.45, 7) is 6.95. The Labute approximate surface area is 118 Å². The van der Waals surface area contributed by atoms with Gasteiger partial charge in [-0.15, -0.1) is 0 Å². The number of nitrogens with zero attached hydrogens (tertiary/aromatic N) is 2. The van der Waals surface area contributed by atoms with Gasteiger partial charge < -0.3 is 4.90 Å². The summed E-state index contributed by atoms with van der Waals surface area (Å²) < 4.78 is 0. The molecule has 0 amide bonds. The van der Waals surface area contributed by atoms with Crippen molar-refractivity contribution in [1.29, 1.82) is 0 Å². The van der Waals surface area contributed by atoms with Gasteiger partial charge in [0.05, 0.1) is 0 Å². The van der Waals surface area contributed by atoms with Crippen LogP contribution in [0.1, 0.15) is 13.8 Å². The maximum absolute atomic E-state index is 4.04. The zero-order valence-electron chi connectivity index (χ0n) is 11.3. The second-order valence-electron chi connectivity index (χ2n) is 5.80. The van der Waals surface area contributed by atoms with E-state index >= 15 is 0 Å². The van der Waals surface area contributed by atoms with Crippen LogP contribution in [0.2, 0.25) is 0 Å². The molecule has 3 heteroatoms. The maximum atomic E-state index is 4.04. The molecule has 0 spiro atoms. The number of pyridine rings is 1. The third-order valence-electron chi connectivity index (χ3n) is 3.33. The monoisotopic (exact) mass is 270 g/mol. The molecule has 0 radical (unpaired) electrons. The first-order valence-corrected chi connectivity index (χ1v) is 7.37. The van der Waals surface area contributed by atoms with Gasteiger partial charge in [0.1, 0.15) is 0 Å². The highest BCUT2D eigenvalue weighted by Crippen LogP contribution is 2.35. The van der Waals surface area contributed by atoms with Gasteiger partial charge in [0.2, 0.25) is 0 Å². The molecule has 1 aliphatic rings. The van der Waals surface area contributed by atoms with Gasteiger partial charge in [-0.05, 0) is 41.8 Å². The van der Waals surface area contributed by atoms with Crippen LogP contribution < -0.4 is 4.90 Å².